The summed E-state index contributed by atoms with van der Waals surface area (Å²) in [6.07, 6.45) is 9.42. The molecule has 5 rings (SSSR count). The Labute approximate surface area is 206 Å². The lowest BCUT2D eigenvalue weighted by Gasteiger charge is -2.70. The van der Waals surface area contributed by atoms with Crippen LogP contribution in [0.3, 0.4) is 0 Å². The van der Waals surface area contributed by atoms with Crippen molar-refractivity contribution in [3.63, 3.8) is 0 Å². The van der Waals surface area contributed by atoms with E-state index in [0.717, 1.165) is 38.5 Å². The van der Waals surface area contributed by atoms with Crippen LogP contribution in [0.2, 0.25) is 0 Å². The summed E-state index contributed by atoms with van der Waals surface area (Å²) in [7, 11) is 0. The van der Waals surface area contributed by atoms with E-state index in [1.165, 1.54) is 5.57 Å². The number of carboxylic acid groups (broad SMARTS) is 1. The minimum absolute atomic E-state index is 0.0464. The lowest BCUT2D eigenvalue weighted by molar-refractivity contribution is -0.199. The quantitative estimate of drug-likeness (QED) is 0.434. The Hall–Kier alpha value is -1.16. The predicted molar refractivity (Wildman–Crippen MR) is 133 cm³/mol. The molecular weight excluding hydrogens is 424 g/mol. The van der Waals surface area contributed by atoms with Crippen LogP contribution in [0.4, 0.5) is 0 Å². The number of hydrogen-bond acceptors (Lipinski definition) is 3. The van der Waals surface area contributed by atoms with Crippen molar-refractivity contribution in [2.24, 2.45) is 50.2 Å². The molecule has 5 aliphatic rings. The van der Waals surface area contributed by atoms with Gasteiger partial charge in [0.15, 0.2) is 0 Å². The maximum absolute atomic E-state index is 12.9. The number of Topliss-reactive ketones (excluding diaryl/α,β-unsaturated/α-hetero) is 1. The van der Waals surface area contributed by atoms with Gasteiger partial charge in [-0.15, -0.1) is 0 Å². The minimum Gasteiger partial charge on any atom is -0.481 e. The largest absolute Gasteiger partial charge is 0.481 e. The van der Waals surface area contributed by atoms with Crippen LogP contribution in [-0.4, -0.2) is 28.1 Å². The second kappa shape index (κ2) is 6.99. The Morgan fingerprint density at radius 2 is 1.56 bits per heavy atom. The molecule has 0 aromatic rings. The van der Waals surface area contributed by atoms with Crippen LogP contribution in [-0.2, 0) is 9.59 Å². The van der Waals surface area contributed by atoms with E-state index >= 15 is 0 Å². The number of carboxylic acids is 1. The van der Waals surface area contributed by atoms with E-state index in [4.69, 9.17) is 0 Å². The van der Waals surface area contributed by atoms with Crippen molar-refractivity contribution in [1.82, 2.24) is 0 Å². The van der Waals surface area contributed by atoms with Crippen LogP contribution in [0.1, 0.15) is 106 Å². The third kappa shape index (κ3) is 2.70. The number of carbonyl (C=O) groups excluding carboxylic acids is 1. The SMILES string of the molecule is CC1(C)CC[C@]2(C(=O)O)CC[C@]3(C)C(=CC[C@@H]4[C@@]5(C)CCC(=O)C(C)(C)[C@@H]5CC[C@]43C)[C@@H]2[C@@H]1O. The summed E-state index contributed by atoms with van der Waals surface area (Å²) in [4.78, 5) is 25.7. The summed E-state index contributed by atoms with van der Waals surface area (Å²) in [6.45, 7) is 15.9. The Bertz CT molecular complexity index is 961. The first-order valence-corrected chi connectivity index (χ1v) is 13.7. The maximum Gasteiger partial charge on any atom is 0.310 e. The van der Waals surface area contributed by atoms with Crippen molar-refractivity contribution in [3.8, 4) is 0 Å². The summed E-state index contributed by atoms with van der Waals surface area (Å²) in [5.74, 6) is 0.281. The number of fused-ring (bicyclic) bond motifs is 7. The van der Waals surface area contributed by atoms with Gasteiger partial charge >= 0.3 is 5.97 Å². The molecule has 0 aliphatic heterocycles. The molecule has 0 spiro atoms. The number of carbonyl (C=O) groups is 2. The molecule has 4 fully saturated rings. The van der Waals surface area contributed by atoms with Gasteiger partial charge in [-0.25, -0.2) is 0 Å². The summed E-state index contributed by atoms with van der Waals surface area (Å²) in [6, 6.07) is 0. The molecular formula is C30H46O4. The predicted octanol–water partition coefficient (Wildman–Crippen LogP) is 6.41. The van der Waals surface area contributed by atoms with Gasteiger partial charge in [0, 0.05) is 17.8 Å². The van der Waals surface area contributed by atoms with Crippen molar-refractivity contribution in [2.75, 3.05) is 0 Å². The molecule has 2 N–H and O–H groups in total. The zero-order valence-electron chi connectivity index (χ0n) is 22.5. The highest BCUT2D eigenvalue weighted by Crippen LogP contribution is 2.75. The fourth-order valence-electron chi connectivity index (χ4n) is 10.4. The van der Waals surface area contributed by atoms with E-state index in [9.17, 15) is 19.8 Å². The van der Waals surface area contributed by atoms with E-state index in [-0.39, 0.29) is 33.0 Å². The van der Waals surface area contributed by atoms with E-state index in [1.807, 2.05) is 0 Å². The van der Waals surface area contributed by atoms with Gasteiger partial charge in [0.25, 0.3) is 0 Å². The lowest BCUT2D eigenvalue weighted by atomic mass is 9.33. The number of allylic oxidation sites excluding steroid dienone is 1. The van der Waals surface area contributed by atoms with Gasteiger partial charge in [-0.1, -0.05) is 60.1 Å². The van der Waals surface area contributed by atoms with E-state index in [1.54, 1.807) is 0 Å². The molecule has 0 bridgehead atoms. The number of aliphatic hydroxyl groups is 1. The number of rotatable bonds is 1. The molecule has 8 atom stereocenters. The average molecular weight is 471 g/mol. The first-order valence-electron chi connectivity index (χ1n) is 13.7. The van der Waals surface area contributed by atoms with Gasteiger partial charge in [0.05, 0.1) is 11.5 Å². The molecule has 0 unspecified atom stereocenters. The van der Waals surface area contributed by atoms with Crippen molar-refractivity contribution >= 4 is 11.8 Å². The highest BCUT2D eigenvalue weighted by molar-refractivity contribution is 5.85. The van der Waals surface area contributed by atoms with E-state index in [2.05, 4.69) is 54.5 Å². The van der Waals surface area contributed by atoms with Crippen LogP contribution in [0, 0.1) is 50.2 Å². The van der Waals surface area contributed by atoms with Crippen LogP contribution < -0.4 is 0 Å². The standard InChI is InChI=1S/C30H46O4/c1-25(2)14-16-30(24(33)34)17-15-28(6)18(22(30)23(25)32)8-9-20-27(5)12-11-21(31)26(3,4)19(27)10-13-29(20,28)7/h8,19-20,22-23,32H,9-17H2,1-7H3,(H,33,34)/t19-,20+,22+,23-,27-,28+,29+,30-/m0/s1. The Morgan fingerprint density at radius 3 is 2.21 bits per heavy atom. The second-order valence-electron chi connectivity index (χ2n) is 14.8. The normalized spacial score (nSPS) is 51.3. The fraction of sp³-hybridized carbons (Fsp3) is 0.867. The van der Waals surface area contributed by atoms with Crippen molar-refractivity contribution in [3.05, 3.63) is 11.6 Å². The molecule has 0 amide bonds. The number of ketones is 1. The second-order valence-corrected chi connectivity index (χ2v) is 14.8. The smallest absolute Gasteiger partial charge is 0.310 e. The monoisotopic (exact) mass is 470 g/mol. The third-order valence-electron chi connectivity index (χ3n) is 13.0. The van der Waals surface area contributed by atoms with Crippen LogP contribution >= 0.6 is 0 Å². The lowest BCUT2D eigenvalue weighted by Crippen LogP contribution is -2.66. The van der Waals surface area contributed by atoms with E-state index < -0.39 is 17.5 Å². The maximum atomic E-state index is 12.9. The van der Waals surface area contributed by atoms with Gasteiger partial charge < -0.3 is 10.2 Å². The Kier molecular flexibility index (Phi) is 5.04. The zero-order chi connectivity index (χ0) is 25.1. The summed E-state index contributed by atoms with van der Waals surface area (Å²) >= 11 is 0. The average Bonchev–Trinajstić information content (AvgIpc) is 2.74. The molecule has 5 aliphatic carbocycles. The first kappa shape index (κ1) is 24.5. The molecule has 0 aromatic heterocycles. The topological polar surface area (TPSA) is 74.6 Å². The first-order chi connectivity index (χ1) is 15.6. The van der Waals surface area contributed by atoms with Gasteiger partial charge in [0.2, 0.25) is 0 Å². The van der Waals surface area contributed by atoms with Crippen LogP contribution in [0.5, 0.6) is 0 Å². The summed E-state index contributed by atoms with van der Waals surface area (Å²) in [5, 5.41) is 22.2. The molecule has 0 heterocycles. The summed E-state index contributed by atoms with van der Waals surface area (Å²) in [5.41, 5.74) is -0.108. The van der Waals surface area contributed by atoms with Gasteiger partial charge in [0.1, 0.15) is 5.78 Å². The van der Waals surface area contributed by atoms with E-state index in [0.29, 0.717) is 36.9 Å². The van der Waals surface area contributed by atoms with Gasteiger partial charge in [-0.2, -0.15) is 0 Å². The molecule has 190 valence electrons. The highest BCUT2D eigenvalue weighted by Gasteiger charge is 2.70. The van der Waals surface area contributed by atoms with Crippen LogP contribution in [0.25, 0.3) is 0 Å². The number of hydrogen-bond donors (Lipinski definition) is 2. The van der Waals surface area contributed by atoms with Crippen molar-refractivity contribution < 1.29 is 19.8 Å². The van der Waals surface area contributed by atoms with Crippen molar-refractivity contribution in [2.45, 2.75) is 112 Å². The Morgan fingerprint density at radius 1 is 0.912 bits per heavy atom. The Balaban J connectivity index is 1.63. The molecule has 4 heteroatoms. The van der Waals surface area contributed by atoms with Gasteiger partial charge in [-0.3, -0.25) is 9.59 Å². The molecule has 0 saturated heterocycles. The summed E-state index contributed by atoms with van der Waals surface area (Å²) < 4.78 is 0. The molecule has 4 nitrogen and oxygen atoms in total. The highest BCUT2D eigenvalue weighted by atomic mass is 16.4. The zero-order valence-corrected chi connectivity index (χ0v) is 22.5. The minimum atomic E-state index is -0.843. The van der Waals surface area contributed by atoms with Gasteiger partial charge in [-0.05, 0) is 84.9 Å². The number of aliphatic hydroxyl groups excluding tert-OH is 1. The molecule has 34 heavy (non-hydrogen) atoms. The molecule has 0 aromatic carbocycles. The molecule has 4 saturated carbocycles. The molecule has 0 radical (unpaired) electrons. The number of aliphatic carboxylic acids is 1. The van der Waals surface area contributed by atoms with Crippen molar-refractivity contribution in [1.29, 1.82) is 0 Å². The third-order valence-corrected chi connectivity index (χ3v) is 13.0. The van der Waals surface area contributed by atoms with Crippen LogP contribution in [0.15, 0.2) is 11.6 Å². The fourth-order valence-corrected chi connectivity index (χ4v) is 10.4.